The Labute approximate surface area is 215 Å². The summed E-state index contributed by atoms with van der Waals surface area (Å²) in [5, 5.41) is 3.98. The molecule has 0 aliphatic heterocycles. The van der Waals surface area contributed by atoms with Crippen molar-refractivity contribution in [1.82, 2.24) is 5.43 Å². The van der Waals surface area contributed by atoms with Crippen molar-refractivity contribution in [2.75, 3.05) is 7.11 Å². The van der Waals surface area contributed by atoms with Gasteiger partial charge < -0.3 is 13.7 Å². The average molecular weight is 517 g/mol. The molecule has 1 N–H and O–H groups in total. The number of ether oxygens (including phenoxy) is 2. The van der Waals surface area contributed by atoms with E-state index in [0.29, 0.717) is 17.2 Å². The summed E-state index contributed by atoms with van der Waals surface area (Å²) in [5.41, 5.74) is 3.34. The van der Waals surface area contributed by atoms with Crippen molar-refractivity contribution in [2.45, 2.75) is 11.3 Å². The summed E-state index contributed by atoms with van der Waals surface area (Å²) in [6.07, 6.45) is 1.30. The molecular formula is C28H24N2O6S. The van der Waals surface area contributed by atoms with Crippen molar-refractivity contribution in [1.29, 1.82) is 0 Å². The topological polar surface area (TPSA) is 103 Å². The predicted molar refractivity (Wildman–Crippen MR) is 140 cm³/mol. The van der Waals surface area contributed by atoms with Crippen molar-refractivity contribution in [3.63, 3.8) is 0 Å². The number of hydrazone groups is 1. The molecule has 0 saturated carbocycles. The molecule has 8 nitrogen and oxygen atoms in total. The van der Waals surface area contributed by atoms with E-state index in [4.69, 9.17) is 13.7 Å². The zero-order valence-corrected chi connectivity index (χ0v) is 20.7. The number of methoxy groups -OCH3 is 1. The van der Waals surface area contributed by atoms with Crippen LogP contribution >= 0.6 is 0 Å². The fourth-order valence-electron chi connectivity index (χ4n) is 3.37. The second kappa shape index (κ2) is 11.9. The molecule has 188 valence electrons. The minimum atomic E-state index is -4.21. The van der Waals surface area contributed by atoms with Crippen molar-refractivity contribution < 1.29 is 26.9 Å². The van der Waals surface area contributed by atoms with Crippen LogP contribution in [0.15, 0.2) is 113 Å². The van der Waals surface area contributed by atoms with E-state index >= 15 is 0 Å². The van der Waals surface area contributed by atoms with Gasteiger partial charge in [0, 0.05) is 5.56 Å². The van der Waals surface area contributed by atoms with Crippen LogP contribution in [0, 0.1) is 0 Å². The molecule has 0 fully saturated rings. The Hall–Kier alpha value is -4.63. The van der Waals surface area contributed by atoms with Gasteiger partial charge in [-0.2, -0.15) is 13.5 Å². The molecule has 4 rings (SSSR count). The Morgan fingerprint density at radius 2 is 1.49 bits per heavy atom. The number of hydrogen-bond donors (Lipinski definition) is 1. The highest BCUT2D eigenvalue weighted by Gasteiger charge is 2.21. The van der Waals surface area contributed by atoms with Crippen LogP contribution in [0.1, 0.15) is 11.1 Å². The van der Waals surface area contributed by atoms with Gasteiger partial charge in [-0.25, -0.2) is 5.43 Å². The van der Waals surface area contributed by atoms with Gasteiger partial charge in [-0.05, 0) is 60.2 Å². The molecule has 0 radical (unpaired) electrons. The Kier molecular flexibility index (Phi) is 8.17. The van der Waals surface area contributed by atoms with Gasteiger partial charge in [0.1, 0.15) is 27.9 Å². The van der Waals surface area contributed by atoms with E-state index in [1.165, 1.54) is 36.5 Å². The summed E-state index contributed by atoms with van der Waals surface area (Å²) in [4.78, 5) is 12.3. The van der Waals surface area contributed by atoms with Crippen LogP contribution < -0.4 is 19.1 Å². The van der Waals surface area contributed by atoms with Crippen LogP contribution in [0.3, 0.4) is 0 Å². The number of carbonyl (C=O) groups is 1. The smallest absolute Gasteiger partial charge is 0.339 e. The van der Waals surface area contributed by atoms with Crippen LogP contribution in [0.5, 0.6) is 23.0 Å². The van der Waals surface area contributed by atoms with Gasteiger partial charge in [0.05, 0.1) is 19.7 Å². The number of para-hydroxylation sites is 2. The van der Waals surface area contributed by atoms with Gasteiger partial charge in [-0.3, -0.25) is 4.79 Å². The molecule has 37 heavy (non-hydrogen) atoms. The second-order valence-electron chi connectivity index (χ2n) is 7.79. The highest BCUT2D eigenvalue weighted by Crippen LogP contribution is 2.27. The van der Waals surface area contributed by atoms with E-state index in [-0.39, 0.29) is 28.5 Å². The summed E-state index contributed by atoms with van der Waals surface area (Å²) < 4.78 is 42.4. The molecule has 9 heteroatoms. The molecule has 0 aliphatic rings. The maximum Gasteiger partial charge on any atom is 0.339 e. The van der Waals surface area contributed by atoms with Crippen LogP contribution in [-0.4, -0.2) is 27.6 Å². The fraction of sp³-hybridized carbons (Fsp3) is 0.0714. The maximum absolute atomic E-state index is 13.1. The first kappa shape index (κ1) is 25.5. The van der Waals surface area contributed by atoms with Crippen LogP contribution in [-0.2, 0) is 21.3 Å². The Morgan fingerprint density at radius 1 is 0.811 bits per heavy atom. The molecule has 0 heterocycles. The number of rotatable bonds is 10. The number of amides is 1. The third kappa shape index (κ3) is 7.18. The van der Waals surface area contributed by atoms with Gasteiger partial charge in [0.15, 0.2) is 0 Å². The second-order valence-corrected chi connectivity index (χ2v) is 9.30. The lowest BCUT2D eigenvalue weighted by atomic mass is 10.1. The lowest BCUT2D eigenvalue weighted by Gasteiger charge is -2.12. The van der Waals surface area contributed by atoms with Gasteiger partial charge in [-0.1, -0.05) is 48.5 Å². The average Bonchev–Trinajstić information content (AvgIpc) is 2.90. The normalized spacial score (nSPS) is 11.2. The summed E-state index contributed by atoms with van der Waals surface area (Å²) in [5.74, 6) is 1.38. The number of nitrogens with one attached hydrogen (secondary N) is 1. The number of nitrogens with zero attached hydrogens (tertiary/aromatic N) is 1. The predicted octanol–water partition coefficient (Wildman–Crippen LogP) is 4.95. The van der Waals surface area contributed by atoms with E-state index in [1.807, 2.05) is 18.2 Å². The minimum Gasteiger partial charge on any atom is -0.497 e. The monoisotopic (exact) mass is 516 g/mol. The highest BCUT2D eigenvalue weighted by atomic mass is 32.2. The lowest BCUT2D eigenvalue weighted by Crippen LogP contribution is -2.20. The molecule has 4 aromatic carbocycles. The lowest BCUT2D eigenvalue weighted by molar-refractivity contribution is -0.120. The summed E-state index contributed by atoms with van der Waals surface area (Å²) in [6.45, 7) is 0. The Morgan fingerprint density at radius 3 is 2.19 bits per heavy atom. The molecule has 1 amide bonds. The van der Waals surface area contributed by atoms with E-state index in [0.717, 1.165) is 5.56 Å². The minimum absolute atomic E-state index is 0.0635. The fourth-order valence-corrected chi connectivity index (χ4v) is 4.46. The van der Waals surface area contributed by atoms with Gasteiger partial charge in [0.2, 0.25) is 5.91 Å². The summed E-state index contributed by atoms with van der Waals surface area (Å²) in [6, 6.07) is 28.7. The number of hydrogen-bond acceptors (Lipinski definition) is 7. The maximum atomic E-state index is 13.1. The van der Waals surface area contributed by atoms with Gasteiger partial charge in [-0.15, -0.1) is 0 Å². The molecule has 4 aromatic rings. The van der Waals surface area contributed by atoms with E-state index in [1.54, 1.807) is 61.7 Å². The molecular weight excluding hydrogens is 492 g/mol. The number of benzene rings is 4. The highest BCUT2D eigenvalue weighted by molar-refractivity contribution is 7.87. The van der Waals surface area contributed by atoms with Crippen molar-refractivity contribution in [3.05, 3.63) is 114 Å². The molecule has 0 aromatic heterocycles. The number of carbonyl (C=O) groups excluding carboxylic acids is 1. The first-order valence-corrected chi connectivity index (χ1v) is 12.6. The van der Waals surface area contributed by atoms with E-state index in [2.05, 4.69) is 10.5 Å². The standard InChI is InChI=1S/C28H24N2O6S/c1-34-25-14-8-9-21(17-25)18-28(31)30-29-20-22-19-26(35-23-10-4-2-5-11-23)15-16-27(22)37(32,33)36-24-12-6-3-7-13-24/h2-17,19-20H,18H2,1H3,(H,30,31). The van der Waals surface area contributed by atoms with Gasteiger partial charge >= 0.3 is 10.1 Å². The zero-order chi connectivity index (χ0) is 26.1. The molecule has 0 saturated heterocycles. The van der Waals surface area contributed by atoms with Crippen molar-refractivity contribution >= 4 is 22.2 Å². The third-order valence-corrected chi connectivity index (χ3v) is 6.39. The van der Waals surface area contributed by atoms with Gasteiger partial charge in [0.25, 0.3) is 0 Å². The van der Waals surface area contributed by atoms with Crippen molar-refractivity contribution in [3.8, 4) is 23.0 Å². The first-order chi connectivity index (χ1) is 17.9. The molecule has 0 unspecified atom stereocenters. The SMILES string of the molecule is COc1cccc(CC(=O)NN=Cc2cc(Oc3ccccc3)ccc2S(=O)(=O)Oc2ccccc2)c1. The molecule has 0 atom stereocenters. The zero-order valence-electron chi connectivity index (χ0n) is 19.9. The largest absolute Gasteiger partial charge is 0.497 e. The molecule has 0 spiro atoms. The third-order valence-electron chi connectivity index (χ3n) is 5.07. The molecule has 0 bridgehead atoms. The van der Waals surface area contributed by atoms with Crippen LogP contribution in [0.4, 0.5) is 0 Å². The van der Waals surface area contributed by atoms with E-state index < -0.39 is 10.1 Å². The van der Waals surface area contributed by atoms with Crippen LogP contribution in [0.25, 0.3) is 0 Å². The first-order valence-electron chi connectivity index (χ1n) is 11.2. The van der Waals surface area contributed by atoms with E-state index in [9.17, 15) is 13.2 Å². The van der Waals surface area contributed by atoms with Crippen LogP contribution in [0.2, 0.25) is 0 Å². The summed E-state index contributed by atoms with van der Waals surface area (Å²) in [7, 11) is -2.67. The molecule has 0 aliphatic carbocycles. The Bertz CT molecular complexity index is 1490. The summed E-state index contributed by atoms with van der Waals surface area (Å²) >= 11 is 0. The van der Waals surface area contributed by atoms with Crippen molar-refractivity contribution in [2.24, 2.45) is 5.10 Å². The Balaban J connectivity index is 1.57. The quantitative estimate of drug-likeness (QED) is 0.182.